The molecule has 0 aliphatic rings. The predicted octanol–water partition coefficient (Wildman–Crippen LogP) is 4.11. The first-order valence-electron chi connectivity index (χ1n) is 6.11. The number of rotatable bonds is 4. The van der Waals surface area contributed by atoms with Crippen LogP contribution in [0.5, 0.6) is 5.75 Å². The van der Waals surface area contributed by atoms with Crippen LogP contribution in [0.3, 0.4) is 0 Å². The Morgan fingerprint density at radius 1 is 1.20 bits per heavy atom. The lowest BCUT2D eigenvalue weighted by Gasteiger charge is -2.02. The van der Waals surface area contributed by atoms with Crippen LogP contribution in [0, 0.1) is 0 Å². The quantitative estimate of drug-likeness (QED) is 0.904. The van der Waals surface area contributed by atoms with Gasteiger partial charge in [-0.15, -0.1) is 0 Å². The Labute approximate surface area is 123 Å². The molecular formula is C16H28O4. The molecule has 0 radical (unpaired) electrons. The summed E-state index contributed by atoms with van der Waals surface area (Å²) in [5.74, 6) is -0.400. The summed E-state index contributed by atoms with van der Waals surface area (Å²) in [6, 6.07) is 7.24. The molecule has 0 atom stereocenters. The third-order valence-corrected chi connectivity index (χ3v) is 1.60. The topological polar surface area (TPSA) is 55.8 Å². The number of hydrogen-bond donors (Lipinski definition) is 1. The lowest BCUT2D eigenvalue weighted by molar-refractivity contribution is -0.139. The van der Waals surface area contributed by atoms with Gasteiger partial charge >= 0.3 is 5.97 Å². The maximum absolute atomic E-state index is 10.2. The number of carboxylic acids is 1. The molecular weight excluding hydrogens is 256 g/mol. The van der Waals surface area contributed by atoms with E-state index >= 15 is 0 Å². The Morgan fingerprint density at radius 3 is 2.00 bits per heavy atom. The van der Waals surface area contributed by atoms with Crippen molar-refractivity contribution in [3.63, 3.8) is 0 Å². The molecule has 20 heavy (non-hydrogen) atoms. The maximum atomic E-state index is 10.2. The fraction of sp³-hybridized carbons (Fsp3) is 0.438. The van der Waals surface area contributed by atoms with Crippen molar-refractivity contribution < 1.29 is 19.4 Å². The summed E-state index contributed by atoms with van der Waals surface area (Å²) in [6.07, 6.45) is 3.90. The third-order valence-electron chi connectivity index (χ3n) is 1.60. The number of carboxylic acid groups (broad SMARTS) is 1. The zero-order valence-corrected chi connectivity index (χ0v) is 12.3. The van der Waals surface area contributed by atoms with Crippen molar-refractivity contribution in [1.29, 1.82) is 0 Å². The van der Waals surface area contributed by atoms with Gasteiger partial charge in [0.15, 0.2) is 6.61 Å². The van der Waals surface area contributed by atoms with Crippen molar-refractivity contribution in [2.75, 3.05) is 20.8 Å². The van der Waals surface area contributed by atoms with Gasteiger partial charge in [0.1, 0.15) is 5.75 Å². The third kappa shape index (κ3) is 14.3. The van der Waals surface area contributed by atoms with E-state index in [2.05, 4.69) is 4.74 Å². The molecule has 1 rings (SSSR count). The fourth-order valence-corrected chi connectivity index (χ4v) is 1.01. The van der Waals surface area contributed by atoms with Crippen molar-refractivity contribution in [2.45, 2.75) is 28.2 Å². The lowest BCUT2D eigenvalue weighted by Crippen LogP contribution is -2.09. The SMILES string of the molecule is C.CC.CC=Cc1ccc(OCC(=O)O)cc1.COC. The van der Waals surface area contributed by atoms with E-state index in [-0.39, 0.29) is 14.0 Å². The minimum atomic E-state index is -0.970. The van der Waals surface area contributed by atoms with Crippen LogP contribution < -0.4 is 4.74 Å². The van der Waals surface area contributed by atoms with Crippen molar-refractivity contribution in [1.82, 2.24) is 0 Å². The Kier molecular flexibility index (Phi) is 20.0. The molecule has 0 saturated heterocycles. The van der Waals surface area contributed by atoms with Crippen LogP contribution in [-0.2, 0) is 9.53 Å². The molecule has 1 aromatic carbocycles. The molecule has 0 bridgehead atoms. The van der Waals surface area contributed by atoms with Gasteiger partial charge in [-0.1, -0.05) is 45.6 Å². The highest BCUT2D eigenvalue weighted by atomic mass is 16.5. The summed E-state index contributed by atoms with van der Waals surface area (Å²) < 4.78 is 9.23. The summed E-state index contributed by atoms with van der Waals surface area (Å²) in [6.45, 7) is 5.64. The van der Waals surface area contributed by atoms with Crippen LogP contribution >= 0.6 is 0 Å². The van der Waals surface area contributed by atoms with Gasteiger partial charge in [0.05, 0.1) is 0 Å². The van der Waals surface area contributed by atoms with Gasteiger partial charge in [0.2, 0.25) is 0 Å². The fourth-order valence-electron chi connectivity index (χ4n) is 1.01. The summed E-state index contributed by atoms with van der Waals surface area (Å²) in [5.41, 5.74) is 1.06. The second-order valence-corrected chi connectivity index (χ2v) is 3.16. The van der Waals surface area contributed by atoms with E-state index in [0.717, 1.165) is 5.56 Å². The van der Waals surface area contributed by atoms with Gasteiger partial charge < -0.3 is 14.6 Å². The number of ether oxygens (including phenoxy) is 2. The zero-order chi connectivity index (χ0) is 15.1. The van der Waals surface area contributed by atoms with Gasteiger partial charge in [-0.25, -0.2) is 4.79 Å². The molecule has 0 saturated carbocycles. The Hall–Kier alpha value is -1.81. The normalized spacial score (nSPS) is 8.45. The summed E-state index contributed by atoms with van der Waals surface area (Å²) in [7, 11) is 3.25. The van der Waals surface area contributed by atoms with E-state index in [0.29, 0.717) is 5.75 Å². The van der Waals surface area contributed by atoms with E-state index < -0.39 is 5.97 Å². The average Bonchev–Trinajstić information content (AvgIpc) is 2.41. The first-order valence-corrected chi connectivity index (χ1v) is 6.11. The van der Waals surface area contributed by atoms with Crippen LogP contribution in [0.25, 0.3) is 6.08 Å². The summed E-state index contributed by atoms with van der Waals surface area (Å²) in [4.78, 5) is 10.2. The van der Waals surface area contributed by atoms with E-state index in [1.54, 1.807) is 26.4 Å². The van der Waals surface area contributed by atoms with Gasteiger partial charge in [-0.3, -0.25) is 0 Å². The van der Waals surface area contributed by atoms with Crippen LogP contribution in [-0.4, -0.2) is 31.9 Å². The van der Waals surface area contributed by atoms with E-state index in [1.165, 1.54) is 0 Å². The molecule has 0 aromatic heterocycles. The number of allylic oxidation sites excluding steroid dienone is 1. The minimum absolute atomic E-state index is 0. The lowest BCUT2D eigenvalue weighted by atomic mass is 10.2. The van der Waals surface area contributed by atoms with Crippen LogP contribution in [0.2, 0.25) is 0 Å². The van der Waals surface area contributed by atoms with Gasteiger partial charge in [-0.05, 0) is 24.6 Å². The number of methoxy groups -OCH3 is 1. The first kappa shape index (κ1) is 23.3. The average molecular weight is 284 g/mol. The highest BCUT2D eigenvalue weighted by molar-refractivity contribution is 5.68. The predicted molar refractivity (Wildman–Crippen MR) is 85.3 cm³/mol. The molecule has 0 aliphatic carbocycles. The second kappa shape index (κ2) is 17.2. The molecule has 4 nitrogen and oxygen atoms in total. The standard InChI is InChI=1S/C11H12O3.C2H6O.C2H6.CH4/c1-2-3-9-4-6-10(7-5-9)14-8-11(12)13;1-3-2;1-2;/h2-7H,8H2,1H3,(H,12,13);1-2H3;1-2H3;1H4. The van der Waals surface area contributed by atoms with Crippen molar-refractivity contribution in [3.05, 3.63) is 35.9 Å². The van der Waals surface area contributed by atoms with Crippen molar-refractivity contribution >= 4 is 12.0 Å². The monoisotopic (exact) mass is 284 g/mol. The molecule has 0 aliphatic heterocycles. The van der Waals surface area contributed by atoms with Gasteiger partial charge in [0.25, 0.3) is 0 Å². The van der Waals surface area contributed by atoms with E-state index in [1.807, 2.05) is 45.1 Å². The summed E-state index contributed by atoms with van der Waals surface area (Å²) >= 11 is 0. The van der Waals surface area contributed by atoms with Gasteiger partial charge in [0, 0.05) is 14.2 Å². The van der Waals surface area contributed by atoms with Crippen molar-refractivity contribution in [3.8, 4) is 5.75 Å². The minimum Gasteiger partial charge on any atom is -0.482 e. The molecule has 0 fully saturated rings. The molecule has 1 aromatic rings. The highest BCUT2D eigenvalue weighted by Crippen LogP contribution is 2.12. The second-order valence-electron chi connectivity index (χ2n) is 3.16. The van der Waals surface area contributed by atoms with E-state index in [9.17, 15) is 4.79 Å². The first-order chi connectivity index (χ1) is 9.13. The van der Waals surface area contributed by atoms with Crippen LogP contribution in [0.4, 0.5) is 0 Å². The molecule has 0 unspecified atom stereocenters. The zero-order valence-electron chi connectivity index (χ0n) is 12.3. The molecule has 4 heteroatoms. The number of benzene rings is 1. The summed E-state index contributed by atoms with van der Waals surface area (Å²) in [5, 5.41) is 8.38. The van der Waals surface area contributed by atoms with Crippen LogP contribution in [0.15, 0.2) is 30.3 Å². The van der Waals surface area contributed by atoms with Crippen molar-refractivity contribution in [2.24, 2.45) is 0 Å². The molecule has 116 valence electrons. The number of carbonyl (C=O) groups is 1. The Morgan fingerprint density at radius 2 is 1.65 bits per heavy atom. The molecule has 0 spiro atoms. The van der Waals surface area contributed by atoms with E-state index in [4.69, 9.17) is 9.84 Å². The highest BCUT2D eigenvalue weighted by Gasteiger charge is 1.97. The number of hydrogen-bond acceptors (Lipinski definition) is 3. The number of aliphatic carboxylic acids is 1. The molecule has 0 amide bonds. The Bertz CT molecular complexity index is 342. The Balaban J connectivity index is -0.000000426. The smallest absolute Gasteiger partial charge is 0.341 e. The molecule has 0 heterocycles. The van der Waals surface area contributed by atoms with Crippen LogP contribution in [0.1, 0.15) is 33.8 Å². The maximum Gasteiger partial charge on any atom is 0.341 e. The molecule has 1 N–H and O–H groups in total. The van der Waals surface area contributed by atoms with Gasteiger partial charge in [-0.2, -0.15) is 0 Å². The largest absolute Gasteiger partial charge is 0.482 e.